The van der Waals surface area contributed by atoms with E-state index in [1.807, 2.05) is 26.0 Å². The molecular formula is C12H16O3. The largest absolute Gasteiger partial charge is 0.392 e. The topological polar surface area (TPSA) is 60.7 Å². The van der Waals surface area contributed by atoms with E-state index in [0.717, 1.165) is 22.3 Å². The fraction of sp³-hybridized carbons (Fsp3) is 0.333. The lowest BCUT2D eigenvalue weighted by atomic mass is 9.98. The minimum Gasteiger partial charge on any atom is -0.392 e. The van der Waals surface area contributed by atoms with Gasteiger partial charge in [-0.25, -0.2) is 0 Å². The Labute approximate surface area is 89.3 Å². The Balaban J connectivity index is 3.07. The van der Waals surface area contributed by atoms with Crippen molar-refractivity contribution in [1.82, 2.24) is 0 Å². The second-order valence-corrected chi connectivity index (χ2v) is 3.49. The monoisotopic (exact) mass is 208 g/mol. The zero-order chi connectivity index (χ0) is 11.4. The number of aliphatic hydroxyl groups excluding tert-OH is 2. The summed E-state index contributed by atoms with van der Waals surface area (Å²) >= 11 is 0. The lowest BCUT2D eigenvalue weighted by molar-refractivity contribution is 0.00304. The molecule has 15 heavy (non-hydrogen) atoms. The predicted molar refractivity (Wildman–Crippen MR) is 59.1 cm³/mol. The van der Waals surface area contributed by atoms with Crippen LogP contribution >= 0.6 is 0 Å². The smallest absolute Gasteiger partial charge is 0.171 e. The first kappa shape index (κ1) is 11.9. The first-order valence-electron chi connectivity index (χ1n) is 4.80. The third-order valence-electron chi connectivity index (χ3n) is 2.56. The highest BCUT2D eigenvalue weighted by molar-refractivity contribution is 5.57. The summed E-state index contributed by atoms with van der Waals surface area (Å²) in [6.07, 6.45) is 1.54. The van der Waals surface area contributed by atoms with E-state index in [-0.39, 0.29) is 6.61 Å². The summed E-state index contributed by atoms with van der Waals surface area (Å²) in [5, 5.41) is 26.5. The standard InChI is InChI=1S/C12H16O3/c1-8-9(2)11(7-13)4-3-10(8)5-6-12(14)15/h3-6,12-15H,7H2,1-2H3/b6-5+. The first-order valence-corrected chi connectivity index (χ1v) is 4.80. The third-order valence-corrected chi connectivity index (χ3v) is 2.56. The molecule has 3 N–H and O–H groups in total. The molecule has 0 aliphatic carbocycles. The Hall–Kier alpha value is -1.16. The molecule has 0 saturated heterocycles. The van der Waals surface area contributed by atoms with Gasteiger partial charge in [0.15, 0.2) is 6.29 Å². The Morgan fingerprint density at radius 2 is 1.87 bits per heavy atom. The van der Waals surface area contributed by atoms with Crippen LogP contribution in [0.5, 0.6) is 0 Å². The highest BCUT2D eigenvalue weighted by atomic mass is 16.5. The molecule has 3 nitrogen and oxygen atoms in total. The van der Waals surface area contributed by atoms with Crippen LogP contribution in [0.2, 0.25) is 0 Å². The molecule has 0 saturated carbocycles. The van der Waals surface area contributed by atoms with Gasteiger partial charge in [-0.1, -0.05) is 18.2 Å². The third kappa shape index (κ3) is 2.89. The van der Waals surface area contributed by atoms with Gasteiger partial charge in [0.1, 0.15) is 0 Å². The van der Waals surface area contributed by atoms with Crippen LogP contribution < -0.4 is 0 Å². The Bertz CT molecular complexity index is 367. The number of aliphatic hydroxyl groups is 3. The number of benzene rings is 1. The average Bonchev–Trinajstić information content (AvgIpc) is 2.20. The van der Waals surface area contributed by atoms with Crippen molar-refractivity contribution < 1.29 is 15.3 Å². The molecule has 0 bridgehead atoms. The molecule has 3 heteroatoms. The molecule has 82 valence electrons. The van der Waals surface area contributed by atoms with E-state index in [2.05, 4.69) is 0 Å². The highest BCUT2D eigenvalue weighted by Gasteiger charge is 2.03. The molecule has 0 spiro atoms. The molecule has 0 unspecified atom stereocenters. The molecule has 0 atom stereocenters. The number of rotatable bonds is 3. The zero-order valence-corrected chi connectivity index (χ0v) is 8.94. The molecule has 0 aliphatic rings. The maximum atomic E-state index is 9.05. The average molecular weight is 208 g/mol. The van der Waals surface area contributed by atoms with Gasteiger partial charge in [-0.2, -0.15) is 0 Å². The van der Waals surface area contributed by atoms with Crippen molar-refractivity contribution >= 4 is 6.08 Å². The molecule has 0 aliphatic heterocycles. The molecule has 1 rings (SSSR count). The van der Waals surface area contributed by atoms with Gasteiger partial charge in [-0.3, -0.25) is 0 Å². The fourth-order valence-corrected chi connectivity index (χ4v) is 1.44. The summed E-state index contributed by atoms with van der Waals surface area (Å²) in [4.78, 5) is 0. The van der Waals surface area contributed by atoms with E-state index >= 15 is 0 Å². The predicted octanol–water partition coefficient (Wildman–Crippen LogP) is 1.12. The van der Waals surface area contributed by atoms with Crippen LogP contribution in [-0.4, -0.2) is 21.6 Å². The van der Waals surface area contributed by atoms with Crippen molar-refractivity contribution in [3.63, 3.8) is 0 Å². The molecule has 0 heterocycles. The second-order valence-electron chi connectivity index (χ2n) is 3.49. The van der Waals surface area contributed by atoms with Gasteiger partial charge in [0.05, 0.1) is 6.61 Å². The Morgan fingerprint density at radius 1 is 1.20 bits per heavy atom. The van der Waals surface area contributed by atoms with Crippen molar-refractivity contribution in [2.45, 2.75) is 26.7 Å². The van der Waals surface area contributed by atoms with E-state index in [9.17, 15) is 0 Å². The van der Waals surface area contributed by atoms with E-state index in [4.69, 9.17) is 15.3 Å². The number of hydrogen-bond donors (Lipinski definition) is 3. The van der Waals surface area contributed by atoms with E-state index in [1.54, 1.807) is 6.08 Å². The van der Waals surface area contributed by atoms with Crippen LogP contribution in [0.1, 0.15) is 22.3 Å². The van der Waals surface area contributed by atoms with Crippen LogP contribution in [-0.2, 0) is 6.61 Å². The van der Waals surface area contributed by atoms with Gasteiger partial charge in [0.2, 0.25) is 0 Å². The molecule has 1 aromatic rings. The normalized spacial score (nSPS) is 11.6. The van der Waals surface area contributed by atoms with Crippen molar-refractivity contribution in [1.29, 1.82) is 0 Å². The summed E-state index contributed by atoms with van der Waals surface area (Å²) < 4.78 is 0. The summed E-state index contributed by atoms with van der Waals surface area (Å²) in [6.45, 7) is 3.91. The van der Waals surface area contributed by atoms with Gasteiger partial charge >= 0.3 is 0 Å². The van der Waals surface area contributed by atoms with Gasteiger partial charge in [-0.15, -0.1) is 0 Å². The van der Waals surface area contributed by atoms with E-state index < -0.39 is 6.29 Å². The minimum atomic E-state index is -1.43. The SMILES string of the molecule is Cc1c(/C=C/C(O)O)ccc(CO)c1C. The highest BCUT2D eigenvalue weighted by Crippen LogP contribution is 2.19. The zero-order valence-electron chi connectivity index (χ0n) is 8.94. The fourth-order valence-electron chi connectivity index (χ4n) is 1.44. The molecule has 0 fully saturated rings. The van der Waals surface area contributed by atoms with Crippen LogP contribution in [0.4, 0.5) is 0 Å². The molecule has 0 amide bonds. The van der Waals surface area contributed by atoms with Crippen molar-refractivity contribution in [3.8, 4) is 0 Å². The minimum absolute atomic E-state index is 0.0271. The molecular weight excluding hydrogens is 192 g/mol. The quantitative estimate of drug-likeness (QED) is 0.652. The maximum Gasteiger partial charge on any atom is 0.171 e. The molecule has 1 aromatic carbocycles. The summed E-state index contributed by atoms with van der Waals surface area (Å²) in [6, 6.07) is 3.69. The van der Waals surface area contributed by atoms with Crippen molar-refractivity contribution in [2.75, 3.05) is 0 Å². The summed E-state index contributed by atoms with van der Waals surface area (Å²) in [5.74, 6) is 0. The van der Waals surface area contributed by atoms with E-state index in [1.165, 1.54) is 6.08 Å². The van der Waals surface area contributed by atoms with Gasteiger partial charge in [-0.05, 0) is 42.2 Å². The molecule has 0 aromatic heterocycles. The first-order chi connectivity index (χ1) is 7.06. The number of hydrogen-bond acceptors (Lipinski definition) is 3. The van der Waals surface area contributed by atoms with Gasteiger partial charge in [0.25, 0.3) is 0 Å². The Kier molecular flexibility index (Phi) is 4.03. The Morgan fingerprint density at radius 3 is 2.40 bits per heavy atom. The summed E-state index contributed by atoms with van der Waals surface area (Å²) in [5.41, 5.74) is 3.90. The lowest BCUT2D eigenvalue weighted by Gasteiger charge is -2.09. The van der Waals surface area contributed by atoms with Crippen molar-refractivity contribution in [2.24, 2.45) is 0 Å². The van der Waals surface area contributed by atoms with Crippen molar-refractivity contribution in [3.05, 3.63) is 40.5 Å². The maximum absolute atomic E-state index is 9.05. The van der Waals surface area contributed by atoms with Crippen LogP contribution in [0.15, 0.2) is 18.2 Å². The van der Waals surface area contributed by atoms with Gasteiger partial charge < -0.3 is 15.3 Å². The van der Waals surface area contributed by atoms with Crippen LogP contribution in [0.3, 0.4) is 0 Å². The van der Waals surface area contributed by atoms with Gasteiger partial charge in [0, 0.05) is 0 Å². The lowest BCUT2D eigenvalue weighted by Crippen LogP contribution is -1.98. The van der Waals surface area contributed by atoms with Crippen LogP contribution in [0.25, 0.3) is 6.08 Å². The summed E-state index contributed by atoms with van der Waals surface area (Å²) in [7, 11) is 0. The van der Waals surface area contributed by atoms with E-state index in [0.29, 0.717) is 0 Å². The second kappa shape index (κ2) is 5.07. The van der Waals surface area contributed by atoms with Crippen LogP contribution in [0, 0.1) is 13.8 Å². The molecule has 0 radical (unpaired) electrons.